The highest BCUT2D eigenvalue weighted by molar-refractivity contribution is 5.92. The fraction of sp³-hybridized carbons (Fsp3) is 0.500. The predicted molar refractivity (Wildman–Crippen MR) is 65.7 cm³/mol. The van der Waals surface area contributed by atoms with Gasteiger partial charge in [-0.05, 0) is 25.5 Å². The number of carbonyl (C=O) groups excluding carboxylic acids is 1. The molecule has 0 spiro atoms. The molecule has 1 aromatic rings. The number of hydrogen-bond donors (Lipinski definition) is 2. The second kappa shape index (κ2) is 5.63. The molecule has 17 heavy (non-hydrogen) atoms. The molecule has 1 aliphatic rings. The minimum atomic E-state index is -0.0971. The third kappa shape index (κ3) is 3.42. The van der Waals surface area contributed by atoms with Crippen LogP contribution in [0.2, 0.25) is 0 Å². The van der Waals surface area contributed by atoms with Crippen molar-refractivity contribution in [1.82, 2.24) is 20.4 Å². The standard InChI is InChI=1S/C12H18N4O/c1-16-9-5-11(15-16)12(17)14-8-4-10-2-6-13-7-3-10/h2,5,9,13H,3-4,6-8H2,1H3,(H,14,17). The molecule has 0 bridgehead atoms. The van der Waals surface area contributed by atoms with E-state index >= 15 is 0 Å². The van der Waals surface area contributed by atoms with E-state index < -0.39 is 0 Å². The topological polar surface area (TPSA) is 59.0 Å². The van der Waals surface area contributed by atoms with Crippen molar-refractivity contribution in [1.29, 1.82) is 0 Å². The third-order valence-electron chi connectivity index (χ3n) is 2.84. The zero-order valence-electron chi connectivity index (χ0n) is 10.1. The van der Waals surface area contributed by atoms with Gasteiger partial charge < -0.3 is 10.6 Å². The number of hydrogen-bond acceptors (Lipinski definition) is 3. The molecule has 0 unspecified atom stereocenters. The molecule has 0 aromatic carbocycles. The average Bonchev–Trinajstić information content (AvgIpc) is 2.77. The van der Waals surface area contributed by atoms with Crippen LogP contribution in [0.4, 0.5) is 0 Å². The SMILES string of the molecule is Cn1ccc(C(=O)NCCC2=CCNCC2)n1. The monoisotopic (exact) mass is 234 g/mol. The van der Waals surface area contributed by atoms with Crippen LogP contribution in [0.1, 0.15) is 23.3 Å². The van der Waals surface area contributed by atoms with Crippen molar-refractivity contribution in [2.24, 2.45) is 7.05 Å². The molecule has 2 N–H and O–H groups in total. The van der Waals surface area contributed by atoms with Gasteiger partial charge in [-0.1, -0.05) is 11.6 Å². The summed E-state index contributed by atoms with van der Waals surface area (Å²) in [6.07, 6.45) is 5.99. The Balaban J connectivity index is 1.75. The van der Waals surface area contributed by atoms with E-state index in [1.165, 1.54) is 5.57 Å². The molecule has 0 fully saturated rings. The van der Waals surface area contributed by atoms with Gasteiger partial charge in [0, 0.05) is 26.3 Å². The Labute approximate surface area is 101 Å². The highest BCUT2D eigenvalue weighted by Crippen LogP contribution is 2.07. The van der Waals surface area contributed by atoms with Crippen LogP contribution in [-0.2, 0) is 7.05 Å². The molecule has 92 valence electrons. The number of aromatic nitrogens is 2. The van der Waals surface area contributed by atoms with Crippen LogP contribution in [0, 0.1) is 0 Å². The van der Waals surface area contributed by atoms with Crippen LogP contribution in [0.15, 0.2) is 23.9 Å². The van der Waals surface area contributed by atoms with E-state index in [0.717, 1.165) is 25.9 Å². The Bertz CT molecular complexity index is 422. The van der Waals surface area contributed by atoms with Crippen molar-refractivity contribution in [3.63, 3.8) is 0 Å². The summed E-state index contributed by atoms with van der Waals surface area (Å²) in [5, 5.41) is 10.2. The van der Waals surface area contributed by atoms with Crippen molar-refractivity contribution in [3.8, 4) is 0 Å². The Kier molecular flexibility index (Phi) is 3.93. The lowest BCUT2D eigenvalue weighted by molar-refractivity contribution is 0.0948. The Hall–Kier alpha value is -1.62. The minimum Gasteiger partial charge on any atom is -0.350 e. The quantitative estimate of drug-likeness (QED) is 0.744. The van der Waals surface area contributed by atoms with Gasteiger partial charge in [-0.15, -0.1) is 0 Å². The summed E-state index contributed by atoms with van der Waals surface area (Å²) in [5.74, 6) is -0.0971. The van der Waals surface area contributed by atoms with Crippen LogP contribution < -0.4 is 10.6 Å². The summed E-state index contributed by atoms with van der Waals surface area (Å²) in [6, 6.07) is 1.72. The highest BCUT2D eigenvalue weighted by Gasteiger charge is 2.08. The van der Waals surface area contributed by atoms with Crippen LogP contribution in [-0.4, -0.2) is 35.3 Å². The van der Waals surface area contributed by atoms with E-state index in [1.54, 1.807) is 24.0 Å². The van der Waals surface area contributed by atoms with E-state index in [2.05, 4.69) is 21.8 Å². The summed E-state index contributed by atoms with van der Waals surface area (Å²) in [7, 11) is 1.80. The first-order chi connectivity index (χ1) is 8.25. The molecule has 2 rings (SSSR count). The minimum absolute atomic E-state index is 0.0971. The van der Waals surface area contributed by atoms with E-state index in [-0.39, 0.29) is 5.91 Å². The lowest BCUT2D eigenvalue weighted by Crippen LogP contribution is -2.27. The second-order valence-electron chi connectivity index (χ2n) is 4.20. The van der Waals surface area contributed by atoms with E-state index in [1.807, 2.05) is 0 Å². The molecule has 1 aromatic heterocycles. The van der Waals surface area contributed by atoms with E-state index in [9.17, 15) is 4.79 Å². The summed E-state index contributed by atoms with van der Waals surface area (Å²) in [6.45, 7) is 2.67. The van der Waals surface area contributed by atoms with Gasteiger partial charge in [-0.2, -0.15) is 5.10 Å². The number of nitrogens with zero attached hydrogens (tertiary/aromatic N) is 2. The van der Waals surface area contributed by atoms with Gasteiger partial charge in [-0.25, -0.2) is 0 Å². The van der Waals surface area contributed by atoms with Crippen molar-refractivity contribution >= 4 is 5.91 Å². The van der Waals surface area contributed by atoms with Crippen molar-refractivity contribution in [2.45, 2.75) is 12.8 Å². The first kappa shape index (κ1) is 11.9. The van der Waals surface area contributed by atoms with Crippen LogP contribution in [0.25, 0.3) is 0 Å². The Morgan fingerprint density at radius 1 is 1.65 bits per heavy atom. The molecule has 0 saturated heterocycles. The molecule has 0 saturated carbocycles. The van der Waals surface area contributed by atoms with Gasteiger partial charge in [-0.3, -0.25) is 9.48 Å². The second-order valence-corrected chi connectivity index (χ2v) is 4.20. The molecular weight excluding hydrogens is 216 g/mol. The molecule has 1 aliphatic heterocycles. The van der Waals surface area contributed by atoms with Crippen LogP contribution in [0.5, 0.6) is 0 Å². The molecule has 5 nitrogen and oxygen atoms in total. The maximum atomic E-state index is 11.7. The summed E-state index contributed by atoms with van der Waals surface area (Å²) in [4.78, 5) is 11.7. The lowest BCUT2D eigenvalue weighted by Gasteiger charge is -2.13. The lowest BCUT2D eigenvalue weighted by atomic mass is 10.1. The third-order valence-corrected chi connectivity index (χ3v) is 2.84. The van der Waals surface area contributed by atoms with Gasteiger partial charge in [0.05, 0.1) is 0 Å². The Morgan fingerprint density at radius 2 is 2.53 bits per heavy atom. The van der Waals surface area contributed by atoms with Crippen molar-refractivity contribution in [3.05, 3.63) is 29.6 Å². The van der Waals surface area contributed by atoms with Gasteiger partial charge in [0.15, 0.2) is 0 Å². The summed E-state index contributed by atoms with van der Waals surface area (Å²) >= 11 is 0. The molecular formula is C12H18N4O. The van der Waals surface area contributed by atoms with Crippen LogP contribution >= 0.6 is 0 Å². The fourth-order valence-corrected chi connectivity index (χ4v) is 1.86. The number of amides is 1. The zero-order chi connectivity index (χ0) is 12.1. The van der Waals surface area contributed by atoms with Gasteiger partial charge in [0.2, 0.25) is 0 Å². The molecule has 0 aliphatic carbocycles. The van der Waals surface area contributed by atoms with Gasteiger partial charge in [0.1, 0.15) is 5.69 Å². The molecule has 1 amide bonds. The number of nitrogens with one attached hydrogen (secondary N) is 2. The molecule has 0 radical (unpaired) electrons. The normalized spacial score (nSPS) is 15.5. The predicted octanol–water partition coefficient (Wildman–Crippen LogP) is 0.460. The highest BCUT2D eigenvalue weighted by atomic mass is 16.1. The number of carbonyl (C=O) groups is 1. The first-order valence-electron chi connectivity index (χ1n) is 5.92. The maximum Gasteiger partial charge on any atom is 0.271 e. The maximum absolute atomic E-state index is 11.7. The Morgan fingerprint density at radius 3 is 3.18 bits per heavy atom. The molecule has 2 heterocycles. The number of rotatable bonds is 4. The average molecular weight is 234 g/mol. The summed E-state index contributed by atoms with van der Waals surface area (Å²) in [5.41, 5.74) is 1.90. The van der Waals surface area contributed by atoms with Gasteiger partial charge >= 0.3 is 0 Å². The van der Waals surface area contributed by atoms with Crippen LogP contribution in [0.3, 0.4) is 0 Å². The molecule has 0 atom stereocenters. The van der Waals surface area contributed by atoms with E-state index in [0.29, 0.717) is 12.2 Å². The number of aryl methyl sites for hydroxylation is 1. The fourth-order valence-electron chi connectivity index (χ4n) is 1.86. The van der Waals surface area contributed by atoms with Gasteiger partial charge in [0.25, 0.3) is 5.91 Å². The van der Waals surface area contributed by atoms with Crippen molar-refractivity contribution in [2.75, 3.05) is 19.6 Å². The molecule has 5 heteroatoms. The zero-order valence-corrected chi connectivity index (χ0v) is 10.1. The largest absolute Gasteiger partial charge is 0.350 e. The van der Waals surface area contributed by atoms with E-state index in [4.69, 9.17) is 0 Å². The summed E-state index contributed by atoms with van der Waals surface area (Å²) < 4.78 is 1.63. The first-order valence-corrected chi connectivity index (χ1v) is 5.92. The smallest absolute Gasteiger partial charge is 0.271 e. The van der Waals surface area contributed by atoms with Crippen molar-refractivity contribution < 1.29 is 4.79 Å².